The van der Waals surface area contributed by atoms with Gasteiger partial charge in [0, 0.05) is 55.0 Å². The first-order chi connectivity index (χ1) is 11.5. The number of benzene rings is 1. The van der Waals surface area contributed by atoms with Crippen molar-refractivity contribution in [2.75, 3.05) is 26.3 Å². The molecule has 3 rings (SSSR count). The summed E-state index contributed by atoms with van der Waals surface area (Å²) in [5.74, 6) is -0.175. The van der Waals surface area contributed by atoms with Gasteiger partial charge in [-0.05, 0) is 31.5 Å². The topological polar surface area (TPSA) is 89.5 Å². The number of carbonyl (C=O) groups excluding carboxylic acids is 1. The van der Waals surface area contributed by atoms with E-state index in [1.807, 2.05) is 32.0 Å². The van der Waals surface area contributed by atoms with Crippen LogP contribution in [0, 0.1) is 25.7 Å². The summed E-state index contributed by atoms with van der Waals surface area (Å²) < 4.78 is 0. The van der Waals surface area contributed by atoms with Gasteiger partial charge in [-0.25, -0.2) is 0 Å². The van der Waals surface area contributed by atoms with Crippen molar-refractivity contribution >= 4 is 5.91 Å². The largest absolute Gasteiger partial charge is 0.396 e. The molecule has 6 nitrogen and oxygen atoms in total. The van der Waals surface area contributed by atoms with Crippen molar-refractivity contribution in [1.82, 2.24) is 15.1 Å². The number of aromatic amines is 1. The number of H-pyrrole nitrogens is 1. The van der Waals surface area contributed by atoms with Crippen LogP contribution in [0.25, 0.3) is 11.1 Å². The number of nitrogens with one attached hydrogen (secondary N) is 1. The lowest BCUT2D eigenvalue weighted by atomic mass is 9.98. The van der Waals surface area contributed by atoms with Crippen molar-refractivity contribution in [2.45, 2.75) is 13.8 Å². The van der Waals surface area contributed by atoms with Gasteiger partial charge in [0.15, 0.2) is 0 Å². The molecule has 2 aromatic rings. The van der Waals surface area contributed by atoms with Gasteiger partial charge in [-0.3, -0.25) is 9.89 Å². The maximum absolute atomic E-state index is 12.8. The first kappa shape index (κ1) is 16.7. The predicted octanol–water partition coefficient (Wildman–Crippen LogP) is 1.37. The van der Waals surface area contributed by atoms with Gasteiger partial charge in [-0.2, -0.15) is 5.10 Å². The molecule has 128 valence electrons. The zero-order chi connectivity index (χ0) is 17.3. The number of aryl methyl sites for hydroxylation is 2. The molecular formula is C18H23N3O3. The van der Waals surface area contributed by atoms with E-state index in [1.54, 1.807) is 11.0 Å². The monoisotopic (exact) mass is 329 g/mol. The number of aliphatic hydroxyl groups excluding tert-OH is 2. The first-order valence-corrected chi connectivity index (χ1v) is 8.18. The van der Waals surface area contributed by atoms with E-state index in [2.05, 4.69) is 10.2 Å². The van der Waals surface area contributed by atoms with Crippen molar-refractivity contribution in [2.24, 2.45) is 11.8 Å². The summed E-state index contributed by atoms with van der Waals surface area (Å²) in [7, 11) is 0. The van der Waals surface area contributed by atoms with Gasteiger partial charge in [0.05, 0.1) is 5.69 Å². The normalized spacial score (nSPS) is 20.6. The van der Waals surface area contributed by atoms with E-state index in [0.29, 0.717) is 18.7 Å². The third kappa shape index (κ3) is 2.95. The molecule has 1 saturated heterocycles. The second-order valence-corrected chi connectivity index (χ2v) is 6.49. The van der Waals surface area contributed by atoms with Crippen molar-refractivity contribution in [3.63, 3.8) is 0 Å². The van der Waals surface area contributed by atoms with Crippen LogP contribution in [0.3, 0.4) is 0 Å². The molecule has 6 heteroatoms. The van der Waals surface area contributed by atoms with Crippen LogP contribution in [-0.2, 0) is 0 Å². The molecular weight excluding hydrogens is 306 g/mol. The molecule has 0 spiro atoms. The number of hydrogen-bond acceptors (Lipinski definition) is 4. The van der Waals surface area contributed by atoms with Gasteiger partial charge in [-0.15, -0.1) is 0 Å². The standard InChI is InChI=1S/C18H23N3O3/c1-11-17(12(2)20-19-11)13-4-3-5-14(6-13)18(24)21-7-15(9-22)16(8-21)10-23/h3-6,15-16,22-23H,7-10H2,1-2H3,(H,19,20)/t15-,16-/m0/s1. The van der Waals surface area contributed by atoms with E-state index in [9.17, 15) is 15.0 Å². The molecule has 2 atom stereocenters. The third-order valence-corrected chi connectivity index (χ3v) is 4.86. The average molecular weight is 329 g/mol. The molecule has 0 bridgehead atoms. The van der Waals surface area contributed by atoms with Crippen molar-refractivity contribution < 1.29 is 15.0 Å². The van der Waals surface area contributed by atoms with E-state index in [0.717, 1.165) is 22.5 Å². The van der Waals surface area contributed by atoms with Crippen molar-refractivity contribution in [1.29, 1.82) is 0 Å². The summed E-state index contributed by atoms with van der Waals surface area (Å²) in [4.78, 5) is 14.5. The molecule has 1 amide bonds. The second kappa shape index (κ2) is 6.75. The highest BCUT2D eigenvalue weighted by Gasteiger charge is 2.34. The summed E-state index contributed by atoms with van der Waals surface area (Å²) in [6, 6.07) is 7.53. The Morgan fingerprint density at radius 3 is 2.46 bits per heavy atom. The van der Waals surface area contributed by atoms with Gasteiger partial charge in [-0.1, -0.05) is 12.1 Å². The third-order valence-electron chi connectivity index (χ3n) is 4.86. The Labute approximate surface area is 141 Å². The van der Waals surface area contributed by atoms with Crippen LogP contribution in [-0.4, -0.2) is 57.5 Å². The quantitative estimate of drug-likeness (QED) is 0.790. The number of aliphatic hydroxyl groups is 2. The summed E-state index contributed by atoms with van der Waals surface area (Å²) in [5.41, 5.74) is 4.47. The predicted molar refractivity (Wildman–Crippen MR) is 90.6 cm³/mol. The Morgan fingerprint density at radius 1 is 1.25 bits per heavy atom. The molecule has 24 heavy (non-hydrogen) atoms. The van der Waals surface area contributed by atoms with Crippen LogP contribution in [0.15, 0.2) is 24.3 Å². The fraction of sp³-hybridized carbons (Fsp3) is 0.444. The molecule has 2 heterocycles. The molecule has 1 aromatic heterocycles. The number of hydrogen-bond donors (Lipinski definition) is 3. The van der Waals surface area contributed by atoms with E-state index in [4.69, 9.17) is 0 Å². The molecule has 0 saturated carbocycles. The fourth-order valence-corrected chi connectivity index (χ4v) is 3.48. The molecule has 1 aliphatic rings. The van der Waals surface area contributed by atoms with E-state index < -0.39 is 0 Å². The van der Waals surface area contributed by atoms with Crippen LogP contribution in [0.2, 0.25) is 0 Å². The van der Waals surface area contributed by atoms with Gasteiger partial charge in [0.2, 0.25) is 0 Å². The highest BCUT2D eigenvalue weighted by Crippen LogP contribution is 2.28. The van der Waals surface area contributed by atoms with Crippen molar-refractivity contribution in [3.8, 4) is 11.1 Å². The molecule has 1 aliphatic heterocycles. The van der Waals surface area contributed by atoms with Crippen LogP contribution in [0.5, 0.6) is 0 Å². The minimum atomic E-state index is -0.0648. The smallest absolute Gasteiger partial charge is 0.253 e. The Hall–Kier alpha value is -2.18. The first-order valence-electron chi connectivity index (χ1n) is 8.18. The lowest BCUT2D eigenvalue weighted by Gasteiger charge is -2.17. The number of rotatable bonds is 4. The van der Waals surface area contributed by atoms with Gasteiger partial charge < -0.3 is 15.1 Å². The van der Waals surface area contributed by atoms with Crippen LogP contribution >= 0.6 is 0 Å². The summed E-state index contributed by atoms with van der Waals surface area (Å²) in [6.07, 6.45) is 0. The number of likely N-dealkylation sites (tertiary alicyclic amines) is 1. The molecule has 0 radical (unpaired) electrons. The van der Waals surface area contributed by atoms with Gasteiger partial charge in [0.25, 0.3) is 5.91 Å². The maximum Gasteiger partial charge on any atom is 0.253 e. The lowest BCUT2D eigenvalue weighted by Crippen LogP contribution is -2.29. The fourth-order valence-electron chi connectivity index (χ4n) is 3.48. The number of carbonyl (C=O) groups is 1. The zero-order valence-corrected chi connectivity index (χ0v) is 14.0. The lowest BCUT2D eigenvalue weighted by molar-refractivity contribution is 0.0778. The minimum Gasteiger partial charge on any atom is -0.396 e. The van der Waals surface area contributed by atoms with E-state index in [1.165, 1.54) is 0 Å². The zero-order valence-electron chi connectivity index (χ0n) is 14.0. The highest BCUT2D eigenvalue weighted by atomic mass is 16.3. The Balaban J connectivity index is 1.86. The second-order valence-electron chi connectivity index (χ2n) is 6.49. The minimum absolute atomic E-state index is 0.0115. The molecule has 0 unspecified atom stereocenters. The SMILES string of the molecule is Cc1n[nH]c(C)c1-c1cccc(C(=O)N2C[C@@H](CO)[C@H](CO)C2)c1. The number of aromatic nitrogens is 2. The van der Waals surface area contributed by atoms with Crippen LogP contribution in [0.4, 0.5) is 0 Å². The Kier molecular flexibility index (Phi) is 4.69. The number of amides is 1. The summed E-state index contributed by atoms with van der Waals surface area (Å²) in [6.45, 7) is 4.83. The van der Waals surface area contributed by atoms with E-state index >= 15 is 0 Å². The molecule has 3 N–H and O–H groups in total. The molecule has 1 fully saturated rings. The average Bonchev–Trinajstić information content (AvgIpc) is 3.17. The Bertz CT molecular complexity index is 709. The van der Waals surface area contributed by atoms with Crippen LogP contribution in [0.1, 0.15) is 21.7 Å². The van der Waals surface area contributed by atoms with Crippen LogP contribution < -0.4 is 0 Å². The van der Waals surface area contributed by atoms with Gasteiger partial charge in [0.1, 0.15) is 0 Å². The molecule has 1 aromatic carbocycles. The molecule has 0 aliphatic carbocycles. The van der Waals surface area contributed by atoms with Crippen molar-refractivity contribution in [3.05, 3.63) is 41.2 Å². The number of nitrogens with zero attached hydrogens (tertiary/aromatic N) is 2. The highest BCUT2D eigenvalue weighted by molar-refractivity contribution is 5.95. The van der Waals surface area contributed by atoms with Gasteiger partial charge >= 0.3 is 0 Å². The van der Waals surface area contributed by atoms with E-state index in [-0.39, 0.29) is 31.0 Å². The summed E-state index contributed by atoms with van der Waals surface area (Å²) >= 11 is 0. The summed E-state index contributed by atoms with van der Waals surface area (Å²) in [5, 5.41) is 26.0. The Morgan fingerprint density at radius 2 is 1.92 bits per heavy atom. The maximum atomic E-state index is 12.8.